The van der Waals surface area contributed by atoms with Crippen molar-refractivity contribution in [3.63, 3.8) is 0 Å². The number of benzene rings is 8. The molecule has 11 aromatic rings. The molecule has 0 unspecified atom stereocenters. The molecule has 0 spiro atoms. The molecular weight excluding hydrogens is 711 g/mol. The fourth-order valence-electron chi connectivity index (χ4n) is 7.75. The van der Waals surface area contributed by atoms with Crippen molar-refractivity contribution in [3.05, 3.63) is 200 Å². The summed E-state index contributed by atoms with van der Waals surface area (Å²) in [5, 5.41) is 2.29. The lowest BCUT2D eigenvalue weighted by Crippen LogP contribution is -2.02. The van der Waals surface area contributed by atoms with Gasteiger partial charge in [-0.15, -0.1) is 0 Å². The molecule has 0 amide bonds. The number of nitrogens with zero attached hydrogens (tertiary/aromatic N) is 7. The van der Waals surface area contributed by atoms with Crippen LogP contribution in [0.5, 0.6) is 0 Å². The predicted molar refractivity (Wildman–Crippen MR) is 234 cm³/mol. The van der Waals surface area contributed by atoms with E-state index in [0.29, 0.717) is 17.5 Å². The molecule has 0 saturated heterocycles. The maximum atomic E-state index is 5.12. The SMILES string of the molecule is c1ccc(-c2nc3ccccc3n2-c2ccc(-c3nc(-c4ccc(-n5c(-c6ccccc6)nc6ccccc65)cc4)nc(-c4ccc5ccccc5c4)n3)cc2)cc1. The van der Waals surface area contributed by atoms with Gasteiger partial charge in [-0.2, -0.15) is 0 Å². The number of rotatable bonds is 7. The minimum atomic E-state index is 0.592. The Hall–Kier alpha value is -8.03. The van der Waals surface area contributed by atoms with Crippen molar-refractivity contribution >= 4 is 32.8 Å². The van der Waals surface area contributed by atoms with Crippen LogP contribution in [0.15, 0.2) is 200 Å². The Bertz CT molecular complexity index is 3080. The Morgan fingerprint density at radius 3 is 1.17 bits per heavy atom. The fourth-order valence-corrected chi connectivity index (χ4v) is 7.75. The number of aromatic nitrogens is 7. The van der Waals surface area contributed by atoms with Crippen molar-refractivity contribution in [3.8, 4) is 68.3 Å². The summed E-state index contributed by atoms with van der Waals surface area (Å²) in [6.07, 6.45) is 0. The first-order valence-corrected chi connectivity index (χ1v) is 19.3. The number of imidazole rings is 2. The summed E-state index contributed by atoms with van der Waals surface area (Å²) in [7, 11) is 0. The van der Waals surface area contributed by atoms with E-state index in [1.54, 1.807) is 0 Å². The summed E-state index contributed by atoms with van der Waals surface area (Å²) in [5.41, 5.74) is 10.7. The van der Waals surface area contributed by atoms with Gasteiger partial charge < -0.3 is 0 Å². The van der Waals surface area contributed by atoms with Gasteiger partial charge in [-0.05, 0) is 89.6 Å². The second kappa shape index (κ2) is 13.9. The molecule has 8 aromatic carbocycles. The zero-order chi connectivity index (χ0) is 38.4. The number of hydrogen-bond donors (Lipinski definition) is 0. The smallest absolute Gasteiger partial charge is 0.164 e. The van der Waals surface area contributed by atoms with Crippen molar-refractivity contribution in [1.82, 2.24) is 34.1 Å². The molecule has 0 aliphatic rings. The molecular formula is C51H33N7. The van der Waals surface area contributed by atoms with E-state index in [1.807, 2.05) is 48.5 Å². The maximum Gasteiger partial charge on any atom is 0.164 e. The highest BCUT2D eigenvalue weighted by molar-refractivity contribution is 5.87. The average molecular weight is 744 g/mol. The molecule has 3 aromatic heterocycles. The van der Waals surface area contributed by atoms with Gasteiger partial charge in [-0.3, -0.25) is 9.13 Å². The molecule has 58 heavy (non-hydrogen) atoms. The van der Waals surface area contributed by atoms with E-state index in [9.17, 15) is 0 Å². The highest BCUT2D eigenvalue weighted by atomic mass is 15.1. The number of fused-ring (bicyclic) bond motifs is 3. The molecule has 3 heterocycles. The van der Waals surface area contributed by atoms with Crippen molar-refractivity contribution in [2.45, 2.75) is 0 Å². The fraction of sp³-hybridized carbons (Fsp3) is 0. The molecule has 0 bridgehead atoms. The zero-order valence-corrected chi connectivity index (χ0v) is 31.2. The summed E-state index contributed by atoms with van der Waals surface area (Å²) < 4.78 is 4.42. The third-order valence-corrected chi connectivity index (χ3v) is 10.6. The van der Waals surface area contributed by atoms with E-state index < -0.39 is 0 Å². The monoisotopic (exact) mass is 743 g/mol. The van der Waals surface area contributed by atoms with Crippen molar-refractivity contribution in [1.29, 1.82) is 0 Å². The van der Waals surface area contributed by atoms with Gasteiger partial charge in [0, 0.05) is 39.2 Å². The van der Waals surface area contributed by atoms with Crippen LogP contribution >= 0.6 is 0 Å². The molecule has 0 fully saturated rings. The van der Waals surface area contributed by atoms with Crippen LogP contribution < -0.4 is 0 Å². The molecule has 7 nitrogen and oxygen atoms in total. The lowest BCUT2D eigenvalue weighted by Gasteiger charge is -2.13. The maximum absolute atomic E-state index is 5.12. The average Bonchev–Trinajstić information content (AvgIpc) is 3.89. The van der Waals surface area contributed by atoms with Gasteiger partial charge >= 0.3 is 0 Å². The van der Waals surface area contributed by atoms with Crippen LogP contribution in [0, 0.1) is 0 Å². The van der Waals surface area contributed by atoms with Crippen LogP contribution in [0.4, 0.5) is 0 Å². The topological polar surface area (TPSA) is 74.3 Å². The molecule has 0 atom stereocenters. The molecule has 0 radical (unpaired) electrons. The van der Waals surface area contributed by atoms with E-state index in [0.717, 1.165) is 83.7 Å². The summed E-state index contributed by atoms with van der Waals surface area (Å²) in [6, 6.07) is 68.6. The van der Waals surface area contributed by atoms with E-state index in [1.165, 1.54) is 0 Å². The van der Waals surface area contributed by atoms with Crippen LogP contribution in [0.25, 0.3) is 101 Å². The van der Waals surface area contributed by atoms with Crippen molar-refractivity contribution < 1.29 is 0 Å². The van der Waals surface area contributed by atoms with Crippen LogP contribution in [0.1, 0.15) is 0 Å². The Morgan fingerprint density at radius 2 is 0.672 bits per heavy atom. The van der Waals surface area contributed by atoms with Crippen molar-refractivity contribution in [2.75, 3.05) is 0 Å². The third-order valence-electron chi connectivity index (χ3n) is 10.6. The molecule has 0 saturated carbocycles. The second-order valence-electron chi connectivity index (χ2n) is 14.2. The highest BCUT2D eigenvalue weighted by Gasteiger charge is 2.18. The largest absolute Gasteiger partial charge is 0.292 e. The van der Waals surface area contributed by atoms with E-state index >= 15 is 0 Å². The Kier molecular flexibility index (Phi) is 8.00. The first-order valence-electron chi connectivity index (χ1n) is 19.3. The second-order valence-corrected chi connectivity index (χ2v) is 14.2. The quantitative estimate of drug-likeness (QED) is 0.162. The molecule has 0 N–H and O–H groups in total. The van der Waals surface area contributed by atoms with Crippen LogP contribution in [0.2, 0.25) is 0 Å². The van der Waals surface area contributed by atoms with E-state index in [-0.39, 0.29) is 0 Å². The van der Waals surface area contributed by atoms with Gasteiger partial charge in [0.25, 0.3) is 0 Å². The normalized spacial score (nSPS) is 11.4. The van der Waals surface area contributed by atoms with Crippen LogP contribution in [-0.4, -0.2) is 34.1 Å². The molecule has 0 aliphatic heterocycles. The zero-order valence-electron chi connectivity index (χ0n) is 31.2. The standard InChI is InChI=1S/C51H33N7/c1-3-14-37(15-4-1)50-52-43-19-9-11-21-45(43)57(50)41-29-25-35(26-30-41)47-54-48(56-49(55-47)40-24-23-34-13-7-8-18-39(34)33-40)36-27-31-42(32-28-36)58-46-22-12-10-20-44(46)53-51(58)38-16-5-2-6-17-38/h1-33H. The van der Waals surface area contributed by atoms with Gasteiger partial charge in [-0.1, -0.05) is 121 Å². The van der Waals surface area contributed by atoms with E-state index in [2.05, 4.69) is 161 Å². The molecule has 11 rings (SSSR count). The highest BCUT2D eigenvalue weighted by Crippen LogP contribution is 2.33. The first kappa shape index (κ1) is 33.3. The summed E-state index contributed by atoms with van der Waals surface area (Å²) in [6.45, 7) is 0. The Morgan fingerprint density at radius 1 is 0.276 bits per heavy atom. The molecule has 272 valence electrons. The van der Waals surface area contributed by atoms with Gasteiger partial charge in [0.05, 0.1) is 22.1 Å². The summed E-state index contributed by atoms with van der Waals surface area (Å²) in [4.78, 5) is 25.4. The van der Waals surface area contributed by atoms with Gasteiger partial charge in [0.15, 0.2) is 17.5 Å². The minimum Gasteiger partial charge on any atom is -0.292 e. The summed E-state index contributed by atoms with van der Waals surface area (Å²) in [5.74, 6) is 3.57. The van der Waals surface area contributed by atoms with Crippen LogP contribution in [0.3, 0.4) is 0 Å². The summed E-state index contributed by atoms with van der Waals surface area (Å²) >= 11 is 0. The van der Waals surface area contributed by atoms with Gasteiger partial charge in [0.1, 0.15) is 11.6 Å². The van der Waals surface area contributed by atoms with Gasteiger partial charge in [0.2, 0.25) is 0 Å². The Balaban J connectivity index is 1.02. The molecule has 7 heteroatoms. The third kappa shape index (κ3) is 5.90. The lowest BCUT2D eigenvalue weighted by atomic mass is 10.1. The van der Waals surface area contributed by atoms with Gasteiger partial charge in [-0.25, -0.2) is 24.9 Å². The first-order chi connectivity index (χ1) is 28.7. The predicted octanol–water partition coefficient (Wildman–Crippen LogP) is 12.0. The van der Waals surface area contributed by atoms with Crippen molar-refractivity contribution in [2.24, 2.45) is 0 Å². The Labute approximate surface area is 334 Å². The molecule has 0 aliphatic carbocycles. The minimum absolute atomic E-state index is 0.592. The number of para-hydroxylation sites is 4. The lowest BCUT2D eigenvalue weighted by molar-refractivity contribution is 1.07. The number of hydrogen-bond acceptors (Lipinski definition) is 5. The van der Waals surface area contributed by atoms with E-state index in [4.69, 9.17) is 24.9 Å². The van der Waals surface area contributed by atoms with Crippen LogP contribution in [-0.2, 0) is 0 Å².